The van der Waals surface area contributed by atoms with Crippen LogP contribution in [0, 0.1) is 0 Å². The number of nitrogens with zero attached hydrogens (tertiary/aromatic N) is 3. The van der Waals surface area contributed by atoms with E-state index in [0.29, 0.717) is 0 Å². The fraction of sp³-hybridized carbons (Fsp3) is 0.688. The Morgan fingerprint density at radius 2 is 2.18 bits per heavy atom. The Balaban J connectivity index is 0.00000242. The molecule has 0 saturated heterocycles. The van der Waals surface area contributed by atoms with Gasteiger partial charge < -0.3 is 10.2 Å². The van der Waals surface area contributed by atoms with E-state index in [4.69, 9.17) is 0 Å². The van der Waals surface area contributed by atoms with E-state index in [2.05, 4.69) is 51.6 Å². The first-order valence-corrected chi connectivity index (χ1v) is 8.80. The summed E-state index contributed by atoms with van der Waals surface area (Å²) in [5.41, 5.74) is 0. The molecular weight excluding hydrogens is 407 g/mol. The Kier molecular flexibility index (Phi) is 9.35. The molecule has 4 nitrogen and oxygen atoms in total. The van der Waals surface area contributed by atoms with E-state index >= 15 is 0 Å². The molecule has 0 aliphatic heterocycles. The van der Waals surface area contributed by atoms with E-state index in [-0.39, 0.29) is 24.0 Å². The SMILES string of the molecule is CCN(CCNC(=NC)N(C)CCc1cccs1)C1CC1.I. The molecule has 0 unspecified atom stereocenters. The number of hydrogen-bond donors (Lipinski definition) is 1. The highest BCUT2D eigenvalue weighted by atomic mass is 127. The van der Waals surface area contributed by atoms with Crippen molar-refractivity contribution in [1.29, 1.82) is 0 Å². The summed E-state index contributed by atoms with van der Waals surface area (Å²) < 4.78 is 0. The van der Waals surface area contributed by atoms with Gasteiger partial charge in [0.25, 0.3) is 0 Å². The first kappa shape index (κ1) is 19.7. The van der Waals surface area contributed by atoms with Gasteiger partial charge in [-0.15, -0.1) is 35.3 Å². The van der Waals surface area contributed by atoms with Crippen molar-refractivity contribution < 1.29 is 0 Å². The molecule has 1 N–H and O–H groups in total. The molecule has 0 amide bonds. The second-order valence-electron chi connectivity index (χ2n) is 5.58. The Labute approximate surface area is 156 Å². The third kappa shape index (κ3) is 6.42. The summed E-state index contributed by atoms with van der Waals surface area (Å²) in [6, 6.07) is 5.16. The molecule has 0 aromatic carbocycles. The molecule has 0 radical (unpaired) electrons. The molecule has 126 valence electrons. The van der Waals surface area contributed by atoms with Crippen LogP contribution < -0.4 is 5.32 Å². The minimum Gasteiger partial charge on any atom is -0.355 e. The summed E-state index contributed by atoms with van der Waals surface area (Å²) >= 11 is 1.83. The largest absolute Gasteiger partial charge is 0.355 e. The van der Waals surface area contributed by atoms with Crippen LogP contribution in [-0.2, 0) is 6.42 Å². The number of halogens is 1. The second kappa shape index (κ2) is 10.4. The van der Waals surface area contributed by atoms with Crippen LogP contribution in [0.2, 0.25) is 0 Å². The zero-order chi connectivity index (χ0) is 15.1. The molecule has 0 atom stereocenters. The van der Waals surface area contributed by atoms with Crippen LogP contribution >= 0.6 is 35.3 Å². The third-order valence-electron chi connectivity index (χ3n) is 4.00. The smallest absolute Gasteiger partial charge is 0.193 e. The number of guanidine groups is 1. The number of rotatable bonds is 8. The van der Waals surface area contributed by atoms with E-state index in [1.807, 2.05) is 18.4 Å². The van der Waals surface area contributed by atoms with Gasteiger partial charge in [-0.25, -0.2) is 0 Å². The lowest BCUT2D eigenvalue weighted by Gasteiger charge is -2.24. The average molecular weight is 436 g/mol. The van der Waals surface area contributed by atoms with E-state index in [0.717, 1.165) is 44.6 Å². The minimum atomic E-state index is 0. The van der Waals surface area contributed by atoms with Crippen LogP contribution in [0.15, 0.2) is 22.5 Å². The lowest BCUT2D eigenvalue weighted by molar-refractivity contribution is 0.281. The van der Waals surface area contributed by atoms with E-state index < -0.39 is 0 Å². The highest BCUT2D eigenvalue weighted by Crippen LogP contribution is 2.25. The average Bonchev–Trinajstić information content (AvgIpc) is 3.20. The molecular formula is C16H29IN4S. The Morgan fingerprint density at radius 3 is 2.73 bits per heavy atom. The number of aliphatic imine (C=N–C) groups is 1. The lowest BCUT2D eigenvalue weighted by atomic mass is 10.3. The summed E-state index contributed by atoms with van der Waals surface area (Å²) in [6.45, 7) is 6.49. The number of hydrogen-bond acceptors (Lipinski definition) is 3. The van der Waals surface area contributed by atoms with Gasteiger partial charge in [0, 0.05) is 44.6 Å². The molecule has 1 aromatic rings. The maximum absolute atomic E-state index is 4.39. The van der Waals surface area contributed by atoms with Gasteiger partial charge in [0.15, 0.2) is 5.96 Å². The number of likely N-dealkylation sites (N-methyl/N-ethyl adjacent to an activating group) is 2. The summed E-state index contributed by atoms with van der Waals surface area (Å²) in [5, 5.41) is 5.62. The Hall–Kier alpha value is -0.340. The zero-order valence-corrected chi connectivity index (χ0v) is 17.1. The minimum absolute atomic E-state index is 0. The van der Waals surface area contributed by atoms with Gasteiger partial charge in [-0.1, -0.05) is 13.0 Å². The Morgan fingerprint density at radius 1 is 1.41 bits per heavy atom. The van der Waals surface area contributed by atoms with Crippen molar-refractivity contribution in [2.45, 2.75) is 32.2 Å². The van der Waals surface area contributed by atoms with Crippen LogP contribution in [0.4, 0.5) is 0 Å². The van der Waals surface area contributed by atoms with Crippen molar-refractivity contribution in [1.82, 2.24) is 15.1 Å². The number of thiophene rings is 1. The van der Waals surface area contributed by atoms with E-state index in [9.17, 15) is 0 Å². The number of nitrogens with one attached hydrogen (secondary N) is 1. The molecule has 1 saturated carbocycles. The molecule has 1 fully saturated rings. The van der Waals surface area contributed by atoms with Crippen molar-refractivity contribution in [2.24, 2.45) is 4.99 Å². The fourth-order valence-electron chi connectivity index (χ4n) is 2.57. The van der Waals surface area contributed by atoms with Crippen molar-refractivity contribution >= 4 is 41.3 Å². The zero-order valence-electron chi connectivity index (χ0n) is 13.9. The van der Waals surface area contributed by atoms with Gasteiger partial charge in [-0.3, -0.25) is 9.89 Å². The monoisotopic (exact) mass is 436 g/mol. The molecule has 22 heavy (non-hydrogen) atoms. The third-order valence-corrected chi connectivity index (χ3v) is 4.93. The molecule has 1 heterocycles. The molecule has 2 rings (SSSR count). The van der Waals surface area contributed by atoms with Crippen molar-refractivity contribution in [3.05, 3.63) is 22.4 Å². The van der Waals surface area contributed by atoms with E-state index in [1.165, 1.54) is 17.7 Å². The molecule has 0 bridgehead atoms. The molecule has 1 aromatic heterocycles. The van der Waals surface area contributed by atoms with Gasteiger partial charge in [-0.2, -0.15) is 0 Å². The molecule has 1 aliphatic carbocycles. The summed E-state index contributed by atoms with van der Waals surface area (Å²) in [5.74, 6) is 0.999. The predicted octanol–water partition coefficient (Wildman–Crippen LogP) is 2.90. The molecule has 0 spiro atoms. The highest BCUT2D eigenvalue weighted by Gasteiger charge is 2.27. The van der Waals surface area contributed by atoms with Gasteiger partial charge in [0.05, 0.1) is 0 Å². The topological polar surface area (TPSA) is 30.9 Å². The lowest BCUT2D eigenvalue weighted by Crippen LogP contribution is -2.43. The first-order valence-electron chi connectivity index (χ1n) is 7.92. The highest BCUT2D eigenvalue weighted by molar-refractivity contribution is 14.0. The van der Waals surface area contributed by atoms with Crippen LogP contribution in [0.25, 0.3) is 0 Å². The van der Waals surface area contributed by atoms with Gasteiger partial charge in [-0.05, 0) is 37.3 Å². The van der Waals surface area contributed by atoms with E-state index in [1.54, 1.807) is 0 Å². The van der Waals surface area contributed by atoms with Crippen LogP contribution in [-0.4, -0.2) is 62.1 Å². The van der Waals surface area contributed by atoms with Crippen molar-refractivity contribution in [2.75, 3.05) is 40.3 Å². The Bertz CT molecular complexity index is 431. The molecule has 1 aliphatic rings. The van der Waals surface area contributed by atoms with Gasteiger partial charge >= 0.3 is 0 Å². The summed E-state index contributed by atoms with van der Waals surface area (Å²) in [4.78, 5) is 10.6. The maximum Gasteiger partial charge on any atom is 0.193 e. The second-order valence-corrected chi connectivity index (χ2v) is 6.62. The van der Waals surface area contributed by atoms with Crippen molar-refractivity contribution in [3.63, 3.8) is 0 Å². The van der Waals surface area contributed by atoms with Crippen LogP contribution in [0.5, 0.6) is 0 Å². The van der Waals surface area contributed by atoms with Crippen molar-refractivity contribution in [3.8, 4) is 0 Å². The standard InChI is InChI=1S/C16H28N4S.HI/c1-4-20(14-7-8-14)12-10-18-16(17-2)19(3)11-9-15-6-5-13-21-15;/h5-6,13-14H,4,7-12H2,1-3H3,(H,17,18);1H. The van der Waals surface area contributed by atoms with Gasteiger partial charge in [0.2, 0.25) is 0 Å². The van der Waals surface area contributed by atoms with Crippen LogP contribution in [0.1, 0.15) is 24.6 Å². The maximum atomic E-state index is 4.39. The quantitative estimate of drug-likeness (QED) is 0.386. The normalized spacial score (nSPS) is 14.8. The predicted molar refractivity (Wildman–Crippen MR) is 108 cm³/mol. The van der Waals surface area contributed by atoms with Crippen LogP contribution in [0.3, 0.4) is 0 Å². The first-order chi connectivity index (χ1) is 10.2. The summed E-state index contributed by atoms with van der Waals surface area (Å²) in [7, 11) is 3.98. The molecule has 6 heteroatoms. The fourth-order valence-corrected chi connectivity index (χ4v) is 3.27. The summed E-state index contributed by atoms with van der Waals surface area (Å²) in [6.07, 6.45) is 3.84. The van der Waals surface area contributed by atoms with Gasteiger partial charge in [0.1, 0.15) is 0 Å².